The van der Waals surface area contributed by atoms with E-state index < -0.39 is 0 Å². The predicted octanol–water partition coefficient (Wildman–Crippen LogP) is 3.21. The normalized spacial score (nSPS) is 15.5. The Morgan fingerprint density at radius 1 is 1.23 bits per heavy atom. The minimum Gasteiger partial charge on any atom is -0.265 e. The molecule has 0 saturated carbocycles. The summed E-state index contributed by atoms with van der Waals surface area (Å²) in [6.07, 6.45) is 10.5. The van der Waals surface area contributed by atoms with Crippen molar-refractivity contribution in [3.8, 4) is 0 Å². The molecule has 2 rings (SSSR count). The average molecular weight is 171 g/mol. The molecular formula is C12H13N. The highest BCUT2D eigenvalue weighted by Crippen LogP contribution is 2.30. The maximum atomic E-state index is 4.02. The summed E-state index contributed by atoms with van der Waals surface area (Å²) < 4.78 is 0. The minimum atomic E-state index is 1.08. The first kappa shape index (κ1) is 8.24. The molecule has 0 spiro atoms. The molecule has 0 N–H and O–H groups in total. The number of allylic oxidation sites excluding steroid dienone is 4. The molecule has 1 aromatic heterocycles. The van der Waals surface area contributed by atoms with Crippen molar-refractivity contribution in [2.75, 3.05) is 0 Å². The maximum absolute atomic E-state index is 4.02. The number of pyridine rings is 1. The lowest BCUT2D eigenvalue weighted by molar-refractivity contribution is 1.15. The lowest BCUT2D eigenvalue weighted by Gasteiger charge is -2.05. The van der Waals surface area contributed by atoms with Gasteiger partial charge in [0.25, 0.3) is 0 Å². The smallest absolute Gasteiger partial charge is 0.0273 e. The van der Waals surface area contributed by atoms with Gasteiger partial charge in [-0.15, -0.1) is 0 Å². The quantitative estimate of drug-likeness (QED) is 0.665. The van der Waals surface area contributed by atoms with Crippen LogP contribution in [0, 0.1) is 0 Å². The van der Waals surface area contributed by atoms with Crippen molar-refractivity contribution in [3.63, 3.8) is 0 Å². The second-order valence-corrected chi connectivity index (χ2v) is 3.17. The average Bonchev–Trinajstić information content (AvgIpc) is 2.67. The van der Waals surface area contributed by atoms with E-state index in [-0.39, 0.29) is 0 Å². The van der Waals surface area contributed by atoms with Crippen molar-refractivity contribution in [1.29, 1.82) is 0 Å². The Morgan fingerprint density at radius 2 is 2.00 bits per heavy atom. The van der Waals surface area contributed by atoms with Crippen LogP contribution in [0.25, 0.3) is 5.57 Å². The van der Waals surface area contributed by atoms with Crippen LogP contribution in [0.3, 0.4) is 0 Å². The molecule has 0 radical (unpaired) electrons. The van der Waals surface area contributed by atoms with Gasteiger partial charge in [-0.2, -0.15) is 0 Å². The zero-order chi connectivity index (χ0) is 9.10. The number of aromatic nitrogens is 1. The molecule has 13 heavy (non-hydrogen) atoms. The van der Waals surface area contributed by atoms with Crippen LogP contribution >= 0.6 is 0 Å². The lowest BCUT2D eigenvalue weighted by Crippen LogP contribution is -1.85. The summed E-state index contributed by atoms with van der Waals surface area (Å²) in [5.41, 5.74) is 4.15. The maximum Gasteiger partial charge on any atom is 0.0273 e. The fraction of sp³-hybridized carbons (Fsp3) is 0.250. The Morgan fingerprint density at radius 3 is 2.69 bits per heavy atom. The molecule has 0 amide bonds. The Balaban J connectivity index is 2.33. The molecule has 1 aliphatic rings. The summed E-state index contributed by atoms with van der Waals surface area (Å²) in [6.45, 7) is 2.20. The van der Waals surface area contributed by atoms with E-state index in [1.54, 1.807) is 0 Å². The van der Waals surface area contributed by atoms with Gasteiger partial charge in [-0.25, -0.2) is 0 Å². The van der Waals surface area contributed by atoms with Crippen LogP contribution in [-0.2, 0) is 0 Å². The summed E-state index contributed by atoms with van der Waals surface area (Å²) in [5.74, 6) is 0. The summed E-state index contributed by atoms with van der Waals surface area (Å²) in [7, 11) is 0. The molecule has 1 aromatic rings. The van der Waals surface area contributed by atoms with Crippen LogP contribution in [0.4, 0.5) is 0 Å². The summed E-state index contributed by atoms with van der Waals surface area (Å²) in [6, 6.07) is 4.14. The van der Waals surface area contributed by atoms with Gasteiger partial charge in [0, 0.05) is 12.4 Å². The highest BCUT2D eigenvalue weighted by molar-refractivity contribution is 5.80. The number of nitrogens with zero attached hydrogens (tertiary/aromatic N) is 1. The first-order chi connectivity index (χ1) is 6.42. The third-order valence-electron chi connectivity index (χ3n) is 2.40. The fourth-order valence-electron chi connectivity index (χ4n) is 1.73. The van der Waals surface area contributed by atoms with Crippen molar-refractivity contribution < 1.29 is 0 Å². The minimum absolute atomic E-state index is 1.08. The zero-order valence-electron chi connectivity index (χ0n) is 7.83. The van der Waals surface area contributed by atoms with E-state index in [1.165, 1.54) is 16.7 Å². The van der Waals surface area contributed by atoms with Crippen molar-refractivity contribution in [3.05, 3.63) is 47.8 Å². The van der Waals surface area contributed by atoms with Gasteiger partial charge in [0.05, 0.1) is 0 Å². The standard InChI is InChI=1S/C12H13N/c1-2-10-4-3-5-12(10)11-6-8-13-9-7-11/h4-9H,2-3H2,1H3. The van der Waals surface area contributed by atoms with E-state index in [0.29, 0.717) is 0 Å². The Labute approximate surface area is 78.8 Å². The molecule has 66 valence electrons. The molecule has 0 aliphatic heterocycles. The van der Waals surface area contributed by atoms with Gasteiger partial charge in [-0.1, -0.05) is 19.1 Å². The van der Waals surface area contributed by atoms with Gasteiger partial charge < -0.3 is 0 Å². The monoisotopic (exact) mass is 171 g/mol. The van der Waals surface area contributed by atoms with E-state index in [1.807, 2.05) is 12.4 Å². The first-order valence-corrected chi connectivity index (χ1v) is 4.71. The topological polar surface area (TPSA) is 12.9 Å². The molecule has 1 nitrogen and oxygen atoms in total. The highest BCUT2D eigenvalue weighted by Gasteiger charge is 2.09. The molecule has 0 aromatic carbocycles. The zero-order valence-corrected chi connectivity index (χ0v) is 7.83. The summed E-state index contributed by atoms with van der Waals surface area (Å²) in [4.78, 5) is 4.02. The molecule has 1 heteroatoms. The van der Waals surface area contributed by atoms with E-state index in [4.69, 9.17) is 0 Å². The molecule has 0 saturated heterocycles. The van der Waals surface area contributed by atoms with Crippen LogP contribution in [0.15, 0.2) is 42.3 Å². The first-order valence-electron chi connectivity index (χ1n) is 4.71. The molecule has 0 bridgehead atoms. The fourth-order valence-corrected chi connectivity index (χ4v) is 1.73. The number of hydrogen-bond donors (Lipinski definition) is 0. The number of hydrogen-bond acceptors (Lipinski definition) is 1. The third-order valence-corrected chi connectivity index (χ3v) is 2.40. The number of rotatable bonds is 2. The van der Waals surface area contributed by atoms with E-state index in [9.17, 15) is 0 Å². The second-order valence-electron chi connectivity index (χ2n) is 3.17. The third kappa shape index (κ3) is 1.55. The molecule has 0 atom stereocenters. The van der Waals surface area contributed by atoms with Gasteiger partial charge in [-0.05, 0) is 41.7 Å². The lowest BCUT2D eigenvalue weighted by atomic mass is 10.0. The molecule has 0 fully saturated rings. The molecule has 1 aliphatic carbocycles. The van der Waals surface area contributed by atoms with Crippen LogP contribution in [0.1, 0.15) is 25.3 Å². The second kappa shape index (κ2) is 3.56. The van der Waals surface area contributed by atoms with Crippen LogP contribution in [-0.4, -0.2) is 4.98 Å². The van der Waals surface area contributed by atoms with Crippen LogP contribution < -0.4 is 0 Å². The largest absolute Gasteiger partial charge is 0.265 e. The predicted molar refractivity (Wildman–Crippen MR) is 55.2 cm³/mol. The van der Waals surface area contributed by atoms with Gasteiger partial charge >= 0.3 is 0 Å². The van der Waals surface area contributed by atoms with Crippen molar-refractivity contribution >= 4 is 5.57 Å². The summed E-state index contributed by atoms with van der Waals surface area (Å²) in [5, 5.41) is 0. The highest BCUT2D eigenvalue weighted by atomic mass is 14.6. The molecule has 1 heterocycles. The van der Waals surface area contributed by atoms with Crippen LogP contribution in [0.2, 0.25) is 0 Å². The van der Waals surface area contributed by atoms with Gasteiger partial charge in [0.1, 0.15) is 0 Å². The van der Waals surface area contributed by atoms with Crippen molar-refractivity contribution in [2.45, 2.75) is 19.8 Å². The van der Waals surface area contributed by atoms with Gasteiger partial charge in [-0.3, -0.25) is 4.98 Å². The van der Waals surface area contributed by atoms with Crippen LogP contribution in [0.5, 0.6) is 0 Å². The van der Waals surface area contributed by atoms with Gasteiger partial charge in [0.15, 0.2) is 0 Å². The van der Waals surface area contributed by atoms with E-state index in [0.717, 1.165) is 12.8 Å². The van der Waals surface area contributed by atoms with Crippen molar-refractivity contribution in [1.82, 2.24) is 4.98 Å². The van der Waals surface area contributed by atoms with E-state index >= 15 is 0 Å². The Kier molecular flexibility index (Phi) is 2.26. The van der Waals surface area contributed by atoms with Gasteiger partial charge in [0.2, 0.25) is 0 Å². The van der Waals surface area contributed by atoms with Crippen molar-refractivity contribution in [2.24, 2.45) is 0 Å². The Bertz CT molecular complexity index is 347. The SMILES string of the molecule is CCC1=CCC=C1c1ccncc1. The molecular weight excluding hydrogens is 158 g/mol. The van der Waals surface area contributed by atoms with E-state index in [2.05, 4.69) is 36.2 Å². The molecule has 0 unspecified atom stereocenters. The summed E-state index contributed by atoms with van der Waals surface area (Å²) >= 11 is 0. The Hall–Kier alpha value is -1.37.